The van der Waals surface area contributed by atoms with Crippen LogP contribution in [0.25, 0.3) is 5.69 Å². The number of carbonyl (C=O) groups is 3. The largest absolute Gasteiger partial charge is 0.326 e. The van der Waals surface area contributed by atoms with Gasteiger partial charge in [-0.1, -0.05) is 18.9 Å². The summed E-state index contributed by atoms with van der Waals surface area (Å²) in [5.41, 5.74) is 1.61. The van der Waals surface area contributed by atoms with Crippen molar-refractivity contribution in [3.05, 3.63) is 30.1 Å². The summed E-state index contributed by atoms with van der Waals surface area (Å²) in [6.07, 6.45) is 5.39. The molecule has 2 heterocycles. The van der Waals surface area contributed by atoms with Gasteiger partial charge < -0.3 is 10.6 Å². The number of carbonyl (C=O) groups excluding carboxylic acids is 3. The maximum Gasteiger partial charge on any atom is 0.325 e. The van der Waals surface area contributed by atoms with E-state index in [1.165, 1.54) is 15.9 Å². The van der Waals surface area contributed by atoms with Crippen molar-refractivity contribution in [3.63, 3.8) is 0 Å². The Morgan fingerprint density at radius 2 is 2.07 bits per heavy atom. The van der Waals surface area contributed by atoms with Crippen molar-refractivity contribution >= 4 is 23.5 Å². The molecule has 2 N–H and O–H groups in total. The first kappa shape index (κ1) is 19.0. The van der Waals surface area contributed by atoms with Crippen LogP contribution in [-0.4, -0.2) is 55.0 Å². The van der Waals surface area contributed by atoms with Crippen LogP contribution in [-0.2, 0) is 9.59 Å². The predicted molar refractivity (Wildman–Crippen MR) is 103 cm³/mol. The standard InChI is InChI=1S/C19H23N7O3/c1-13-6-7-14(26-12-20-23-24-26)11-15(13)21-16(27)5-4-10-25-17(28)19(22-18(25)29)8-2-3-9-19/h6-7,11-12H,2-5,8-10H2,1H3,(H,21,27)(H,22,29). The SMILES string of the molecule is Cc1ccc(-n2cnnn2)cc1NC(=O)CCCN1C(=O)NC2(CCCC2)C1=O. The number of imide groups is 1. The lowest BCUT2D eigenvalue weighted by Gasteiger charge is -2.20. The van der Waals surface area contributed by atoms with E-state index in [2.05, 4.69) is 26.2 Å². The minimum absolute atomic E-state index is 0.148. The van der Waals surface area contributed by atoms with Gasteiger partial charge in [-0.3, -0.25) is 14.5 Å². The van der Waals surface area contributed by atoms with Crippen LogP contribution in [0.5, 0.6) is 0 Å². The van der Waals surface area contributed by atoms with Crippen LogP contribution in [0.3, 0.4) is 0 Å². The highest BCUT2D eigenvalue weighted by Crippen LogP contribution is 2.35. The second kappa shape index (κ2) is 7.61. The molecule has 1 saturated carbocycles. The summed E-state index contributed by atoms with van der Waals surface area (Å²) in [5.74, 6) is -0.324. The van der Waals surface area contributed by atoms with Crippen LogP contribution in [0.1, 0.15) is 44.1 Å². The quantitative estimate of drug-likeness (QED) is 0.713. The van der Waals surface area contributed by atoms with E-state index in [1.54, 1.807) is 6.07 Å². The molecule has 1 aliphatic carbocycles. The van der Waals surface area contributed by atoms with Crippen LogP contribution in [0.15, 0.2) is 24.5 Å². The van der Waals surface area contributed by atoms with Crippen LogP contribution < -0.4 is 10.6 Å². The topological polar surface area (TPSA) is 122 Å². The normalized spacial score (nSPS) is 17.8. The minimum atomic E-state index is -0.701. The molecule has 29 heavy (non-hydrogen) atoms. The fourth-order valence-corrected chi connectivity index (χ4v) is 3.97. The van der Waals surface area contributed by atoms with Gasteiger partial charge in [-0.05, 0) is 54.3 Å². The molecule has 2 aromatic rings. The second-order valence-corrected chi connectivity index (χ2v) is 7.58. The molecule has 2 aliphatic rings. The Morgan fingerprint density at radius 1 is 1.28 bits per heavy atom. The molecule has 0 unspecified atom stereocenters. The number of hydrogen-bond acceptors (Lipinski definition) is 6. The second-order valence-electron chi connectivity index (χ2n) is 7.58. The van der Waals surface area contributed by atoms with E-state index in [1.807, 2.05) is 19.1 Å². The van der Waals surface area contributed by atoms with E-state index in [0.29, 0.717) is 24.9 Å². The smallest absolute Gasteiger partial charge is 0.325 e. The van der Waals surface area contributed by atoms with E-state index >= 15 is 0 Å². The van der Waals surface area contributed by atoms with Gasteiger partial charge in [-0.15, -0.1) is 5.10 Å². The molecular weight excluding hydrogens is 374 g/mol. The van der Waals surface area contributed by atoms with Crippen molar-refractivity contribution < 1.29 is 14.4 Å². The third kappa shape index (κ3) is 3.69. The highest BCUT2D eigenvalue weighted by molar-refractivity contribution is 6.07. The van der Waals surface area contributed by atoms with Gasteiger partial charge in [0, 0.05) is 18.7 Å². The van der Waals surface area contributed by atoms with E-state index in [4.69, 9.17) is 0 Å². The molecule has 0 radical (unpaired) electrons. The molecule has 4 amide bonds. The Hall–Kier alpha value is -3.30. The van der Waals surface area contributed by atoms with Crippen molar-refractivity contribution in [1.29, 1.82) is 0 Å². The van der Waals surface area contributed by atoms with E-state index in [0.717, 1.165) is 24.1 Å². The van der Waals surface area contributed by atoms with Gasteiger partial charge in [0.15, 0.2) is 0 Å². The van der Waals surface area contributed by atoms with Crippen molar-refractivity contribution in [2.24, 2.45) is 0 Å². The molecule has 1 aromatic carbocycles. The molecule has 1 spiro atoms. The number of tetrazole rings is 1. The average Bonchev–Trinajstić information content (AvgIpc) is 3.43. The molecule has 1 saturated heterocycles. The summed E-state index contributed by atoms with van der Waals surface area (Å²) in [6.45, 7) is 2.14. The molecule has 4 rings (SSSR count). The number of rotatable bonds is 6. The number of nitrogens with zero attached hydrogens (tertiary/aromatic N) is 5. The first-order chi connectivity index (χ1) is 14.0. The van der Waals surface area contributed by atoms with Gasteiger partial charge in [0.05, 0.1) is 5.69 Å². The number of benzene rings is 1. The molecule has 0 atom stereocenters. The maximum absolute atomic E-state index is 12.6. The van der Waals surface area contributed by atoms with Gasteiger partial charge in [0.2, 0.25) is 5.91 Å². The molecule has 0 bridgehead atoms. The average molecular weight is 397 g/mol. The Bertz CT molecular complexity index is 935. The van der Waals surface area contributed by atoms with Crippen molar-refractivity contribution in [3.8, 4) is 5.69 Å². The molecular formula is C19H23N7O3. The Balaban J connectivity index is 1.32. The number of hydrogen-bond donors (Lipinski definition) is 2. The van der Waals surface area contributed by atoms with Gasteiger partial charge in [-0.25, -0.2) is 9.48 Å². The van der Waals surface area contributed by atoms with Gasteiger partial charge in [-0.2, -0.15) is 0 Å². The van der Waals surface area contributed by atoms with Crippen LogP contribution in [0.2, 0.25) is 0 Å². The van der Waals surface area contributed by atoms with Gasteiger partial charge in [0.25, 0.3) is 5.91 Å². The third-order valence-electron chi connectivity index (χ3n) is 5.60. The third-order valence-corrected chi connectivity index (χ3v) is 5.60. The number of urea groups is 1. The summed E-state index contributed by atoms with van der Waals surface area (Å²) in [6, 6.07) is 5.19. The van der Waals surface area contributed by atoms with Crippen LogP contribution in [0.4, 0.5) is 10.5 Å². The predicted octanol–water partition coefficient (Wildman–Crippen LogP) is 1.55. The summed E-state index contributed by atoms with van der Waals surface area (Å²) in [4.78, 5) is 38.4. The first-order valence-corrected chi connectivity index (χ1v) is 9.76. The maximum atomic E-state index is 12.6. The van der Waals surface area contributed by atoms with Crippen LogP contribution >= 0.6 is 0 Å². The lowest BCUT2D eigenvalue weighted by molar-refractivity contribution is -0.131. The molecule has 2 fully saturated rings. The molecule has 10 heteroatoms. The summed E-state index contributed by atoms with van der Waals surface area (Å²) >= 11 is 0. The fourth-order valence-electron chi connectivity index (χ4n) is 3.97. The van der Waals surface area contributed by atoms with E-state index < -0.39 is 5.54 Å². The summed E-state index contributed by atoms with van der Waals surface area (Å²) in [5, 5.41) is 16.8. The number of aromatic nitrogens is 4. The lowest BCUT2D eigenvalue weighted by atomic mass is 9.98. The lowest BCUT2D eigenvalue weighted by Crippen LogP contribution is -2.44. The van der Waals surface area contributed by atoms with Crippen molar-refractivity contribution in [2.75, 3.05) is 11.9 Å². The fraction of sp³-hybridized carbons (Fsp3) is 0.474. The number of anilines is 1. The highest BCUT2D eigenvalue weighted by Gasteiger charge is 2.51. The monoisotopic (exact) mass is 397 g/mol. The number of aryl methyl sites for hydroxylation is 1. The summed E-state index contributed by atoms with van der Waals surface area (Å²) < 4.78 is 1.51. The zero-order valence-corrected chi connectivity index (χ0v) is 16.2. The Morgan fingerprint density at radius 3 is 2.79 bits per heavy atom. The van der Waals surface area contributed by atoms with Crippen molar-refractivity contribution in [1.82, 2.24) is 30.4 Å². The van der Waals surface area contributed by atoms with E-state index in [-0.39, 0.29) is 30.8 Å². The van der Waals surface area contributed by atoms with Gasteiger partial charge >= 0.3 is 6.03 Å². The molecule has 1 aliphatic heterocycles. The molecule has 1 aromatic heterocycles. The zero-order valence-electron chi connectivity index (χ0n) is 16.2. The van der Waals surface area contributed by atoms with Gasteiger partial charge in [0.1, 0.15) is 11.9 Å². The van der Waals surface area contributed by atoms with Crippen molar-refractivity contribution in [2.45, 2.75) is 51.0 Å². The molecule has 152 valence electrons. The first-order valence-electron chi connectivity index (χ1n) is 9.76. The van der Waals surface area contributed by atoms with E-state index in [9.17, 15) is 14.4 Å². The highest BCUT2D eigenvalue weighted by atomic mass is 16.2. The zero-order chi connectivity index (χ0) is 20.4. The summed E-state index contributed by atoms with van der Waals surface area (Å²) in [7, 11) is 0. The number of amides is 4. The molecule has 10 nitrogen and oxygen atoms in total. The van der Waals surface area contributed by atoms with Crippen LogP contribution in [0, 0.1) is 6.92 Å². The minimum Gasteiger partial charge on any atom is -0.326 e. The Labute approximate surface area is 167 Å². The Kier molecular flexibility index (Phi) is 4.99. The number of nitrogens with one attached hydrogen (secondary N) is 2.